The molecule has 1 spiro atoms. The molecule has 2 aliphatic rings. The molecule has 1 heterocycles. The summed E-state index contributed by atoms with van der Waals surface area (Å²) in [5, 5.41) is 10.6. The monoisotopic (exact) mass is 356 g/mol. The molecule has 24 heavy (non-hydrogen) atoms. The van der Waals surface area contributed by atoms with E-state index in [0.29, 0.717) is 38.9 Å². The van der Waals surface area contributed by atoms with Crippen LogP contribution in [-0.4, -0.2) is 44.7 Å². The largest absolute Gasteiger partial charge is 0.390 e. The topological polar surface area (TPSA) is 82.1 Å². The lowest BCUT2D eigenvalue weighted by atomic mass is 9.79. The van der Waals surface area contributed by atoms with Crippen LogP contribution in [0, 0.1) is 6.92 Å². The average Bonchev–Trinajstić information content (AvgIpc) is 3.00. The molecule has 7 heteroatoms. The van der Waals surface area contributed by atoms with Crippen LogP contribution in [0.4, 0.5) is 0 Å². The maximum absolute atomic E-state index is 12.1. The van der Waals surface area contributed by atoms with Crippen molar-refractivity contribution in [1.29, 1.82) is 0 Å². The Morgan fingerprint density at radius 3 is 2.25 bits per heavy atom. The Balaban J connectivity index is 1.51. The number of aryl methyl sites for hydroxylation is 1. The summed E-state index contributed by atoms with van der Waals surface area (Å²) < 4.78 is 40.7. The van der Waals surface area contributed by atoms with E-state index in [0.717, 1.165) is 5.56 Å². The van der Waals surface area contributed by atoms with Crippen LogP contribution in [0.3, 0.4) is 0 Å². The van der Waals surface area contributed by atoms with Gasteiger partial charge in [0.2, 0.25) is 0 Å². The molecule has 0 radical (unpaired) electrons. The second-order valence-electron chi connectivity index (χ2n) is 6.67. The second kappa shape index (κ2) is 6.72. The van der Waals surface area contributed by atoms with Crippen molar-refractivity contribution in [2.75, 3.05) is 19.8 Å². The smallest absolute Gasteiger partial charge is 0.296 e. The predicted octanol–water partition coefficient (Wildman–Crippen LogP) is 2.14. The molecule has 0 amide bonds. The minimum atomic E-state index is -3.79. The molecule has 0 aromatic heterocycles. The molecule has 134 valence electrons. The van der Waals surface area contributed by atoms with Crippen molar-refractivity contribution >= 4 is 10.1 Å². The van der Waals surface area contributed by atoms with E-state index in [1.54, 1.807) is 12.1 Å². The van der Waals surface area contributed by atoms with Gasteiger partial charge in [0.25, 0.3) is 10.1 Å². The summed E-state index contributed by atoms with van der Waals surface area (Å²) in [6.45, 7) is 3.04. The highest BCUT2D eigenvalue weighted by Crippen LogP contribution is 2.41. The van der Waals surface area contributed by atoms with Crippen LogP contribution in [0.25, 0.3) is 0 Å². The fraction of sp³-hybridized carbons (Fsp3) is 0.647. The maximum atomic E-state index is 12.1. The summed E-state index contributed by atoms with van der Waals surface area (Å²) in [7, 11) is -3.79. The van der Waals surface area contributed by atoms with Gasteiger partial charge in [-0.15, -0.1) is 0 Å². The molecule has 3 rings (SSSR count). The summed E-state index contributed by atoms with van der Waals surface area (Å²) >= 11 is 0. The molecule has 1 aromatic carbocycles. The number of hydrogen-bond acceptors (Lipinski definition) is 6. The number of benzene rings is 1. The molecule has 1 aromatic rings. The van der Waals surface area contributed by atoms with Gasteiger partial charge in [0.15, 0.2) is 5.79 Å². The molecule has 1 saturated heterocycles. The Kier molecular flexibility index (Phi) is 4.99. The van der Waals surface area contributed by atoms with Crippen molar-refractivity contribution in [3.63, 3.8) is 0 Å². The van der Waals surface area contributed by atoms with E-state index in [4.69, 9.17) is 13.7 Å². The van der Waals surface area contributed by atoms with Crippen molar-refractivity contribution in [1.82, 2.24) is 0 Å². The zero-order valence-corrected chi connectivity index (χ0v) is 14.7. The highest BCUT2D eigenvalue weighted by molar-refractivity contribution is 7.86. The van der Waals surface area contributed by atoms with Crippen LogP contribution in [0.5, 0.6) is 0 Å². The van der Waals surface area contributed by atoms with Crippen molar-refractivity contribution in [2.45, 2.75) is 55.3 Å². The van der Waals surface area contributed by atoms with Crippen molar-refractivity contribution in [2.24, 2.45) is 0 Å². The highest BCUT2D eigenvalue weighted by atomic mass is 32.2. The molecule has 1 aliphatic carbocycles. The number of aliphatic hydroxyl groups is 1. The van der Waals surface area contributed by atoms with Gasteiger partial charge < -0.3 is 14.6 Å². The van der Waals surface area contributed by atoms with E-state index in [-0.39, 0.29) is 17.9 Å². The average molecular weight is 356 g/mol. The predicted molar refractivity (Wildman–Crippen MR) is 87.0 cm³/mol. The number of ether oxygens (including phenoxy) is 2. The Hall–Kier alpha value is -0.990. The second-order valence-corrected chi connectivity index (χ2v) is 8.29. The van der Waals surface area contributed by atoms with Gasteiger partial charge in [-0.2, -0.15) is 8.42 Å². The fourth-order valence-electron chi connectivity index (χ4n) is 3.25. The van der Waals surface area contributed by atoms with Crippen LogP contribution < -0.4 is 0 Å². The van der Waals surface area contributed by atoms with Crippen molar-refractivity contribution < 1.29 is 27.2 Å². The summed E-state index contributed by atoms with van der Waals surface area (Å²) in [5.74, 6) is -0.541. The summed E-state index contributed by atoms with van der Waals surface area (Å²) in [4.78, 5) is 0.135. The van der Waals surface area contributed by atoms with Gasteiger partial charge in [0, 0.05) is 19.3 Å². The van der Waals surface area contributed by atoms with Gasteiger partial charge in [-0.25, -0.2) is 0 Å². The normalized spacial score (nSPS) is 22.8. The first kappa shape index (κ1) is 17.8. The lowest BCUT2D eigenvalue weighted by Crippen LogP contribution is -2.44. The van der Waals surface area contributed by atoms with Gasteiger partial charge in [0.05, 0.1) is 30.3 Å². The lowest BCUT2D eigenvalue weighted by molar-refractivity contribution is -0.203. The first-order chi connectivity index (χ1) is 11.3. The van der Waals surface area contributed by atoms with Crippen LogP contribution in [-0.2, 0) is 23.8 Å². The molecule has 0 atom stereocenters. The van der Waals surface area contributed by atoms with Gasteiger partial charge >= 0.3 is 0 Å². The van der Waals surface area contributed by atoms with Gasteiger partial charge in [0.1, 0.15) is 0 Å². The van der Waals surface area contributed by atoms with E-state index in [9.17, 15) is 13.5 Å². The van der Waals surface area contributed by atoms with Crippen LogP contribution in [0.15, 0.2) is 29.2 Å². The summed E-state index contributed by atoms with van der Waals surface area (Å²) in [6, 6.07) is 6.51. The molecule has 2 fully saturated rings. The SMILES string of the molecule is Cc1ccc(S(=O)(=O)OCCC2(O)CCC3(CC2)OCCO3)cc1. The zero-order chi connectivity index (χ0) is 17.3. The molecule has 0 unspecified atom stereocenters. The molecular weight excluding hydrogens is 332 g/mol. The van der Waals surface area contributed by atoms with E-state index in [1.807, 2.05) is 6.92 Å². The van der Waals surface area contributed by atoms with Gasteiger partial charge in [-0.3, -0.25) is 4.18 Å². The van der Waals surface area contributed by atoms with Crippen LogP contribution in [0.2, 0.25) is 0 Å². The lowest BCUT2D eigenvalue weighted by Gasteiger charge is -2.40. The minimum absolute atomic E-state index is 0.0403. The Morgan fingerprint density at radius 2 is 1.67 bits per heavy atom. The standard InChI is InChI=1S/C17H24O6S/c1-14-2-4-15(5-3-14)24(19,20)23-11-10-16(18)6-8-17(9-7-16)21-12-13-22-17/h2-5,18H,6-13H2,1H3. The molecule has 1 aliphatic heterocycles. The summed E-state index contributed by atoms with van der Waals surface area (Å²) in [6.07, 6.45) is 2.54. The van der Waals surface area contributed by atoms with Crippen molar-refractivity contribution in [3.05, 3.63) is 29.8 Å². The fourth-order valence-corrected chi connectivity index (χ4v) is 4.15. The van der Waals surface area contributed by atoms with Gasteiger partial charge in [-0.1, -0.05) is 17.7 Å². The molecule has 6 nitrogen and oxygen atoms in total. The molecule has 0 bridgehead atoms. The zero-order valence-electron chi connectivity index (χ0n) is 13.9. The molecular formula is C17H24O6S. The molecule has 1 N–H and O–H groups in total. The Bertz CT molecular complexity index is 651. The van der Waals surface area contributed by atoms with E-state index >= 15 is 0 Å². The van der Waals surface area contributed by atoms with E-state index in [1.165, 1.54) is 12.1 Å². The van der Waals surface area contributed by atoms with E-state index < -0.39 is 21.5 Å². The van der Waals surface area contributed by atoms with Crippen LogP contribution in [0.1, 0.15) is 37.7 Å². The molecule has 1 saturated carbocycles. The third-order valence-electron chi connectivity index (χ3n) is 4.87. The summed E-state index contributed by atoms with van der Waals surface area (Å²) in [5.41, 5.74) is 0.0549. The number of rotatable bonds is 5. The van der Waals surface area contributed by atoms with Crippen LogP contribution >= 0.6 is 0 Å². The first-order valence-corrected chi connectivity index (χ1v) is 9.70. The third-order valence-corrected chi connectivity index (χ3v) is 6.20. The Labute approximate surface area is 142 Å². The van der Waals surface area contributed by atoms with Gasteiger partial charge in [-0.05, 0) is 31.9 Å². The van der Waals surface area contributed by atoms with E-state index in [2.05, 4.69) is 0 Å². The Morgan fingerprint density at radius 1 is 1.08 bits per heavy atom. The van der Waals surface area contributed by atoms with Crippen molar-refractivity contribution in [3.8, 4) is 0 Å². The first-order valence-electron chi connectivity index (χ1n) is 8.29. The quantitative estimate of drug-likeness (QED) is 0.814. The maximum Gasteiger partial charge on any atom is 0.296 e. The number of hydrogen-bond donors (Lipinski definition) is 1. The highest BCUT2D eigenvalue weighted by Gasteiger charge is 2.45. The third kappa shape index (κ3) is 3.97. The minimum Gasteiger partial charge on any atom is -0.390 e.